The van der Waals surface area contributed by atoms with E-state index in [2.05, 4.69) is 0 Å². The maximum absolute atomic E-state index is 5.76. The van der Waals surface area contributed by atoms with E-state index < -0.39 is 0 Å². The molecule has 72 valence electrons. The SMILES string of the molecule is COc1ccc(C(C)N)c(OC)c1. The van der Waals surface area contributed by atoms with Crippen LogP contribution in [0.5, 0.6) is 11.5 Å². The minimum absolute atomic E-state index is 0.0270. The van der Waals surface area contributed by atoms with Gasteiger partial charge in [0.25, 0.3) is 0 Å². The Bertz CT molecular complexity index is 284. The average Bonchev–Trinajstić information content (AvgIpc) is 2.16. The van der Waals surface area contributed by atoms with Gasteiger partial charge in [0.05, 0.1) is 14.2 Å². The van der Waals surface area contributed by atoms with Gasteiger partial charge in [-0.15, -0.1) is 0 Å². The van der Waals surface area contributed by atoms with Crippen LogP contribution >= 0.6 is 0 Å². The predicted molar refractivity (Wildman–Crippen MR) is 52.1 cm³/mol. The molecule has 0 saturated carbocycles. The van der Waals surface area contributed by atoms with Crippen LogP contribution in [0.1, 0.15) is 18.5 Å². The molecule has 0 aliphatic heterocycles. The molecular formula is C10H15NO2. The summed E-state index contributed by atoms with van der Waals surface area (Å²) in [6.07, 6.45) is 0. The molecule has 0 fully saturated rings. The van der Waals surface area contributed by atoms with Crippen molar-refractivity contribution in [3.63, 3.8) is 0 Å². The minimum Gasteiger partial charge on any atom is -0.497 e. The Balaban J connectivity index is 3.08. The first kappa shape index (κ1) is 9.86. The smallest absolute Gasteiger partial charge is 0.127 e. The van der Waals surface area contributed by atoms with Gasteiger partial charge in [-0.05, 0) is 13.0 Å². The maximum Gasteiger partial charge on any atom is 0.127 e. The zero-order chi connectivity index (χ0) is 9.84. The van der Waals surface area contributed by atoms with E-state index in [0.29, 0.717) is 0 Å². The summed E-state index contributed by atoms with van der Waals surface area (Å²) in [5.74, 6) is 1.55. The summed E-state index contributed by atoms with van der Waals surface area (Å²) in [5.41, 5.74) is 6.75. The molecule has 0 aromatic heterocycles. The zero-order valence-electron chi connectivity index (χ0n) is 8.20. The lowest BCUT2D eigenvalue weighted by Gasteiger charge is -2.12. The van der Waals surface area contributed by atoms with Gasteiger partial charge in [0.15, 0.2) is 0 Å². The molecule has 1 rings (SSSR count). The molecule has 1 aromatic rings. The molecule has 1 atom stereocenters. The highest BCUT2D eigenvalue weighted by Crippen LogP contribution is 2.27. The van der Waals surface area contributed by atoms with Crippen molar-refractivity contribution in [1.29, 1.82) is 0 Å². The van der Waals surface area contributed by atoms with Crippen molar-refractivity contribution in [1.82, 2.24) is 0 Å². The third-order valence-corrected chi connectivity index (χ3v) is 1.93. The Morgan fingerprint density at radius 1 is 1.23 bits per heavy atom. The molecule has 0 aliphatic rings. The lowest BCUT2D eigenvalue weighted by Crippen LogP contribution is -2.06. The van der Waals surface area contributed by atoms with Crippen molar-refractivity contribution in [3.8, 4) is 11.5 Å². The number of hydrogen-bond donors (Lipinski definition) is 1. The van der Waals surface area contributed by atoms with Gasteiger partial charge in [-0.1, -0.05) is 6.07 Å². The quantitative estimate of drug-likeness (QED) is 0.772. The first-order valence-electron chi connectivity index (χ1n) is 4.16. The van der Waals surface area contributed by atoms with Crippen LogP contribution in [0.3, 0.4) is 0 Å². The summed E-state index contributed by atoms with van der Waals surface area (Å²) < 4.78 is 10.3. The van der Waals surface area contributed by atoms with Crippen molar-refractivity contribution >= 4 is 0 Å². The van der Waals surface area contributed by atoms with Gasteiger partial charge in [-0.25, -0.2) is 0 Å². The number of rotatable bonds is 3. The first-order chi connectivity index (χ1) is 6.19. The van der Waals surface area contributed by atoms with E-state index in [1.165, 1.54) is 0 Å². The molecule has 1 unspecified atom stereocenters. The second-order valence-corrected chi connectivity index (χ2v) is 2.90. The molecule has 0 spiro atoms. The van der Waals surface area contributed by atoms with E-state index in [1.54, 1.807) is 14.2 Å². The van der Waals surface area contributed by atoms with Crippen molar-refractivity contribution in [2.75, 3.05) is 14.2 Å². The summed E-state index contributed by atoms with van der Waals surface area (Å²) in [6.45, 7) is 1.92. The Kier molecular flexibility index (Phi) is 3.14. The van der Waals surface area contributed by atoms with Gasteiger partial charge in [-0.3, -0.25) is 0 Å². The Morgan fingerprint density at radius 3 is 2.38 bits per heavy atom. The standard InChI is InChI=1S/C10H15NO2/c1-7(11)9-5-4-8(12-2)6-10(9)13-3/h4-7H,11H2,1-3H3. The number of ether oxygens (including phenoxy) is 2. The Labute approximate surface area is 78.5 Å². The van der Waals surface area contributed by atoms with Crippen molar-refractivity contribution in [2.24, 2.45) is 5.73 Å². The molecule has 0 aliphatic carbocycles. The molecular weight excluding hydrogens is 166 g/mol. The predicted octanol–water partition coefficient (Wildman–Crippen LogP) is 1.72. The van der Waals surface area contributed by atoms with E-state index in [4.69, 9.17) is 15.2 Å². The summed E-state index contributed by atoms with van der Waals surface area (Å²) in [7, 11) is 3.25. The van der Waals surface area contributed by atoms with Gasteiger partial charge in [-0.2, -0.15) is 0 Å². The molecule has 0 bridgehead atoms. The van der Waals surface area contributed by atoms with Crippen LogP contribution in [0.4, 0.5) is 0 Å². The summed E-state index contributed by atoms with van der Waals surface area (Å²) in [6, 6.07) is 5.60. The highest BCUT2D eigenvalue weighted by molar-refractivity contribution is 5.42. The van der Waals surface area contributed by atoms with Crippen molar-refractivity contribution in [2.45, 2.75) is 13.0 Å². The normalized spacial score (nSPS) is 12.3. The third-order valence-electron chi connectivity index (χ3n) is 1.93. The van der Waals surface area contributed by atoms with E-state index in [1.807, 2.05) is 25.1 Å². The van der Waals surface area contributed by atoms with E-state index in [9.17, 15) is 0 Å². The highest BCUT2D eigenvalue weighted by atomic mass is 16.5. The van der Waals surface area contributed by atoms with E-state index in [0.717, 1.165) is 17.1 Å². The lowest BCUT2D eigenvalue weighted by atomic mass is 10.1. The second kappa shape index (κ2) is 4.14. The van der Waals surface area contributed by atoms with Crippen LogP contribution in [0.15, 0.2) is 18.2 Å². The largest absolute Gasteiger partial charge is 0.497 e. The molecule has 3 nitrogen and oxygen atoms in total. The number of benzene rings is 1. The van der Waals surface area contributed by atoms with E-state index >= 15 is 0 Å². The fourth-order valence-corrected chi connectivity index (χ4v) is 1.19. The number of nitrogens with two attached hydrogens (primary N) is 1. The lowest BCUT2D eigenvalue weighted by molar-refractivity contribution is 0.389. The van der Waals surface area contributed by atoms with Gasteiger partial charge >= 0.3 is 0 Å². The van der Waals surface area contributed by atoms with E-state index in [-0.39, 0.29) is 6.04 Å². The molecule has 0 saturated heterocycles. The van der Waals surface area contributed by atoms with Crippen LogP contribution < -0.4 is 15.2 Å². The molecule has 0 heterocycles. The first-order valence-corrected chi connectivity index (χ1v) is 4.16. The second-order valence-electron chi connectivity index (χ2n) is 2.90. The van der Waals surface area contributed by atoms with Crippen LogP contribution in [-0.4, -0.2) is 14.2 Å². The fraction of sp³-hybridized carbons (Fsp3) is 0.400. The number of hydrogen-bond acceptors (Lipinski definition) is 3. The number of methoxy groups -OCH3 is 2. The monoisotopic (exact) mass is 181 g/mol. The molecule has 0 radical (unpaired) electrons. The Hall–Kier alpha value is -1.22. The van der Waals surface area contributed by atoms with Crippen molar-refractivity contribution in [3.05, 3.63) is 23.8 Å². The molecule has 3 heteroatoms. The fourth-order valence-electron chi connectivity index (χ4n) is 1.19. The zero-order valence-corrected chi connectivity index (χ0v) is 8.20. The molecule has 13 heavy (non-hydrogen) atoms. The summed E-state index contributed by atoms with van der Waals surface area (Å²) in [5, 5.41) is 0. The third kappa shape index (κ3) is 2.12. The highest BCUT2D eigenvalue weighted by Gasteiger charge is 2.07. The van der Waals surface area contributed by atoms with Crippen molar-refractivity contribution < 1.29 is 9.47 Å². The van der Waals surface area contributed by atoms with Crippen LogP contribution in [0.2, 0.25) is 0 Å². The summed E-state index contributed by atoms with van der Waals surface area (Å²) >= 11 is 0. The maximum atomic E-state index is 5.76. The molecule has 0 amide bonds. The van der Waals surface area contributed by atoms with Gasteiger partial charge in [0, 0.05) is 17.7 Å². The minimum atomic E-state index is -0.0270. The average molecular weight is 181 g/mol. The van der Waals surface area contributed by atoms with Crippen LogP contribution in [0, 0.1) is 0 Å². The van der Waals surface area contributed by atoms with Gasteiger partial charge in [0.2, 0.25) is 0 Å². The van der Waals surface area contributed by atoms with Gasteiger partial charge in [0.1, 0.15) is 11.5 Å². The van der Waals surface area contributed by atoms with Crippen LogP contribution in [-0.2, 0) is 0 Å². The molecule has 1 aromatic carbocycles. The summed E-state index contributed by atoms with van der Waals surface area (Å²) in [4.78, 5) is 0. The van der Waals surface area contributed by atoms with Crippen LogP contribution in [0.25, 0.3) is 0 Å². The molecule has 2 N–H and O–H groups in total. The Morgan fingerprint density at radius 2 is 1.92 bits per heavy atom. The topological polar surface area (TPSA) is 44.5 Å². The van der Waals surface area contributed by atoms with Gasteiger partial charge < -0.3 is 15.2 Å².